The van der Waals surface area contributed by atoms with E-state index in [0.717, 1.165) is 33.9 Å². The lowest BCUT2D eigenvalue weighted by atomic mass is 10.0. The Labute approximate surface area is 288 Å². The van der Waals surface area contributed by atoms with Crippen molar-refractivity contribution < 1.29 is 26.4 Å². The first-order valence-electron chi connectivity index (χ1n) is 15.6. The van der Waals surface area contributed by atoms with Gasteiger partial charge in [-0.05, 0) is 64.2 Å². The lowest BCUT2D eigenvalue weighted by Gasteiger charge is -2.23. The lowest BCUT2D eigenvalue weighted by molar-refractivity contribution is -0.138. The van der Waals surface area contributed by atoms with E-state index in [9.17, 15) is 26.4 Å². The quantitative estimate of drug-likeness (QED) is 0.147. The number of halogens is 3. The van der Waals surface area contributed by atoms with Crippen LogP contribution in [-0.4, -0.2) is 28.6 Å². The van der Waals surface area contributed by atoms with Gasteiger partial charge in [0.2, 0.25) is 15.9 Å². The van der Waals surface area contributed by atoms with E-state index < -0.39 is 34.1 Å². The number of hydrogen-bond acceptors (Lipinski definition) is 5. The molecule has 0 spiro atoms. The molecule has 0 saturated carbocycles. The topological polar surface area (TPSA) is 92.3 Å². The third kappa shape index (κ3) is 8.31. The Morgan fingerprint density at radius 3 is 2.00 bits per heavy atom. The highest BCUT2D eigenvalue weighted by molar-refractivity contribution is 7.89. The molecule has 2 heterocycles. The molecule has 4 aromatic carbocycles. The molecule has 11 heteroatoms. The van der Waals surface area contributed by atoms with Crippen LogP contribution in [0, 0.1) is 0 Å². The van der Waals surface area contributed by atoms with Crippen molar-refractivity contribution in [3.63, 3.8) is 0 Å². The molecular weight excluding hydrogens is 662 g/mol. The molecule has 6 aromatic rings. The van der Waals surface area contributed by atoms with Gasteiger partial charge in [0, 0.05) is 31.0 Å². The van der Waals surface area contributed by atoms with Crippen LogP contribution in [0.1, 0.15) is 22.3 Å². The van der Waals surface area contributed by atoms with E-state index in [0.29, 0.717) is 11.4 Å². The van der Waals surface area contributed by atoms with Crippen LogP contribution in [0.2, 0.25) is 0 Å². The molecule has 0 bridgehead atoms. The summed E-state index contributed by atoms with van der Waals surface area (Å²) in [5.74, 6) is -0.599. The van der Waals surface area contributed by atoms with Crippen LogP contribution < -0.4 is 5.32 Å². The summed E-state index contributed by atoms with van der Waals surface area (Å²) >= 11 is 0. The Bertz CT molecular complexity index is 2160. The van der Waals surface area contributed by atoms with Crippen LogP contribution in [-0.2, 0) is 40.5 Å². The third-order valence-electron chi connectivity index (χ3n) is 8.01. The van der Waals surface area contributed by atoms with Gasteiger partial charge in [-0.25, -0.2) is 8.42 Å². The fraction of sp³-hybridized carbons (Fsp3) is 0.103. The first-order valence-corrected chi connectivity index (χ1v) is 17.1. The van der Waals surface area contributed by atoms with Gasteiger partial charge >= 0.3 is 6.18 Å². The van der Waals surface area contributed by atoms with Gasteiger partial charge in [-0.3, -0.25) is 14.8 Å². The van der Waals surface area contributed by atoms with Gasteiger partial charge in [0.1, 0.15) is 0 Å². The molecule has 0 fully saturated rings. The van der Waals surface area contributed by atoms with Crippen molar-refractivity contribution in [2.75, 3.05) is 5.32 Å². The molecule has 0 aliphatic carbocycles. The van der Waals surface area contributed by atoms with Crippen molar-refractivity contribution in [2.24, 2.45) is 0 Å². The summed E-state index contributed by atoms with van der Waals surface area (Å²) in [5, 5.41) is 2.60. The maximum absolute atomic E-state index is 14.0. The first-order chi connectivity index (χ1) is 24.1. The second-order valence-corrected chi connectivity index (χ2v) is 13.5. The molecule has 1 N–H and O–H groups in total. The summed E-state index contributed by atoms with van der Waals surface area (Å²) in [4.78, 5) is 21.3. The Morgan fingerprint density at radius 2 is 1.34 bits per heavy atom. The Balaban J connectivity index is 1.15. The summed E-state index contributed by atoms with van der Waals surface area (Å²) < 4.78 is 69.3. The number of benzene rings is 4. The van der Waals surface area contributed by atoms with Crippen molar-refractivity contribution in [3.8, 4) is 22.4 Å². The maximum Gasteiger partial charge on any atom is 0.416 e. The fourth-order valence-corrected chi connectivity index (χ4v) is 6.89. The number of aromatic nitrogens is 2. The summed E-state index contributed by atoms with van der Waals surface area (Å²) in [7, 11) is -3.90. The Hall–Kier alpha value is -5.65. The molecule has 0 atom stereocenters. The molecule has 1 amide bonds. The van der Waals surface area contributed by atoms with E-state index in [1.165, 1.54) is 28.7 Å². The van der Waals surface area contributed by atoms with E-state index in [1.54, 1.807) is 54.9 Å². The second kappa shape index (κ2) is 14.9. The van der Waals surface area contributed by atoms with E-state index in [-0.39, 0.29) is 23.5 Å². The Morgan fingerprint density at radius 1 is 0.680 bits per heavy atom. The van der Waals surface area contributed by atoms with Gasteiger partial charge in [0.05, 0.1) is 34.5 Å². The molecule has 6 rings (SSSR count). The molecule has 50 heavy (non-hydrogen) atoms. The predicted octanol–water partition coefficient (Wildman–Crippen LogP) is 8.40. The second-order valence-electron chi connectivity index (χ2n) is 11.5. The van der Waals surface area contributed by atoms with Crippen LogP contribution >= 0.6 is 0 Å². The number of hydrogen-bond donors (Lipinski definition) is 1. The molecule has 7 nitrogen and oxygen atoms in total. The lowest BCUT2D eigenvalue weighted by Crippen LogP contribution is -2.30. The van der Waals surface area contributed by atoms with E-state index in [1.807, 2.05) is 60.7 Å². The van der Waals surface area contributed by atoms with Crippen LogP contribution in [0.5, 0.6) is 0 Å². The smallest absolute Gasteiger partial charge is 0.324 e. The van der Waals surface area contributed by atoms with E-state index in [4.69, 9.17) is 0 Å². The normalized spacial score (nSPS) is 11.8. The molecule has 0 saturated heterocycles. The molecular formula is C39H31F3N4O3S. The molecule has 252 valence electrons. The van der Waals surface area contributed by atoms with Crippen molar-refractivity contribution in [1.29, 1.82) is 0 Å². The van der Waals surface area contributed by atoms with Gasteiger partial charge in [-0.15, -0.1) is 0 Å². The minimum absolute atomic E-state index is 0.105. The van der Waals surface area contributed by atoms with Crippen LogP contribution in [0.15, 0.2) is 151 Å². The molecule has 0 aliphatic rings. The van der Waals surface area contributed by atoms with Gasteiger partial charge in [0.25, 0.3) is 0 Å². The standard InChI is InChI=1S/C39H31F3N4O3S/c40-39(41,42)36-11-5-4-10-33(36)23-38(47)45-34-18-21-37(44-25-34)32-14-12-28(13-15-32)26-46(27-29-7-6-22-43-24-29)50(48,49)35-19-16-31(17-20-35)30-8-2-1-3-9-30/h1-22,24-25H,23,26-27H2,(H,45,47). The summed E-state index contributed by atoms with van der Waals surface area (Å²) in [5.41, 5.74) is 4.13. The minimum Gasteiger partial charge on any atom is -0.324 e. The predicted molar refractivity (Wildman–Crippen MR) is 186 cm³/mol. The fourth-order valence-electron chi connectivity index (χ4n) is 5.47. The zero-order chi connectivity index (χ0) is 35.1. The van der Waals surface area contributed by atoms with Crippen LogP contribution in [0.4, 0.5) is 18.9 Å². The van der Waals surface area contributed by atoms with Crippen molar-refractivity contribution in [2.45, 2.75) is 30.6 Å². The number of rotatable bonds is 11. The number of carbonyl (C=O) groups excluding carboxylic acids is 1. The number of sulfonamides is 1. The number of amides is 1. The van der Waals surface area contributed by atoms with Crippen molar-refractivity contribution in [1.82, 2.24) is 14.3 Å². The number of anilines is 1. The third-order valence-corrected chi connectivity index (χ3v) is 9.82. The van der Waals surface area contributed by atoms with Crippen LogP contribution in [0.25, 0.3) is 22.4 Å². The number of carbonyl (C=O) groups is 1. The summed E-state index contributed by atoms with van der Waals surface area (Å²) in [6, 6.07) is 35.8. The van der Waals surface area contributed by atoms with Gasteiger partial charge in [-0.2, -0.15) is 17.5 Å². The highest BCUT2D eigenvalue weighted by Crippen LogP contribution is 2.32. The van der Waals surface area contributed by atoms with Gasteiger partial charge in [-0.1, -0.05) is 91.0 Å². The van der Waals surface area contributed by atoms with E-state index >= 15 is 0 Å². The van der Waals surface area contributed by atoms with Gasteiger partial charge in [0.15, 0.2) is 0 Å². The minimum atomic E-state index is -4.56. The summed E-state index contributed by atoms with van der Waals surface area (Å²) in [6.45, 7) is 0.225. The molecule has 0 radical (unpaired) electrons. The monoisotopic (exact) mass is 692 g/mol. The summed E-state index contributed by atoms with van der Waals surface area (Å²) in [6.07, 6.45) is -0.289. The average molecular weight is 693 g/mol. The largest absolute Gasteiger partial charge is 0.416 e. The van der Waals surface area contributed by atoms with E-state index in [2.05, 4.69) is 15.3 Å². The number of alkyl halides is 3. The van der Waals surface area contributed by atoms with Crippen molar-refractivity contribution in [3.05, 3.63) is 168 Å². The highest BCUT2D eigenvalue weighted by Gasteiger charge is 2.33. The molecule has 0 aliphatic heterocycles. The van der Waals surface area contributed by atoms with Gasteiger partial charge < -0.3 is 5.32 Å². The first kappa shape index (κ1) is 34.2. The maximum atomic E-state index is 14.0. The molecule has 2 aromatic heterocycles. The Kier molecular flexibility index (Phi) is 10.2. The number of pyridine rings is 2. The zero-order valence-corrected chi connectivity index (χ0v) is 27.4. The highest BCUT2D eigenvalue weighted by atomic mass is 32.2. The molecule has 0 unspecified atom stereocenters. The number of nitrogens with zero attached hydrogens (tertiary/aromatic N) is 3. The zero-order valence-electron chi connectivity index (χ0n) is 26.6. The number of nitrogens with one attached hydrogen (secondary N) is 1. The van der Waals surface area contributed by atoms with Crippen molar-refractivity contribution >= 4 is 21.6 Å². The van der Waals surface area contributed by atoms with Crippen LogP contribution in [0.3, 0.4) is 0 Å². The average Bonchev–Trinajstić information content (AvgIpc) is 3.12. The SMILES string of the molecule is O=C(Cc1ccccc1C(F)(F)F)Nc1ccc(-c2ccc(CN(Cc3cccnc3)S(=O)(=O)c3ccc(-c4ccccc4)cc3)cc2)nc1.